The van der Waals surface area contributed by atoms with Crippen molar-refractivity contribution in [1.82, 2.24) is 4.57 Å². The molecule has 0 radical (unpaired) electrons. The molecule has 0 saturated carbocycles. The maximum absolute atomic E-state index is 12.7. The summed E-state index contributed by atoms with van der Waals surface area (Å²) in [6.07, 6.45) is 0.932. The summed E-state index contributed by atoms with van der Waals surface area (Å²) >= 11 is 1.23. The van der Waals surface area contributed by atoms with Gasteiger partial charge in [0.25, 0.3) is 0 Å². The molecule has 0 N–H and O–H groups in total. The van der Waals surface area contributed by atoms with Gasteiger partial charge in [0.1, 0.15) is 18.1 Å². The van der Waals surface area contributed by atoms with Crippen molar-refractivity contribution in [2.75, 3.05) is 27.9 Å². The summed E-state index contributed by atoms with van der Waals surface area (Å²) in [5.41, 5.74) is 3.95. The lowest BCUT2D eigenvalue weighted by molar-refractivity contribution is -0.158. The Balaban J connectivity index is 1.36. The highest BCUT2D eigenvalue weighted by atomic mass is 32.1. The van der Waals surface area contributed by atoms with Gasteiger partial charge in [0.2, 0.25) is 0 Å². The Kier molecular flexibility index (Phi) is 8.81. The van der Waals surface area contributed by atoms with Crippen LogP contribution >= 0.6 is 11.3 Å². The molecule has 0 fully saturated rings. The summed E-state index contributed by atoms with van der Waals surface area (Å²) < 4.78 is 23.1. The first-order valence-corrected chi connectivity index (χ1v) is 12.9. The predicted molar refractivity (Wildman–Crippen MR) is 145 cm³/mol. The third-order valence-corrected chi connectivity index (χ3v) is 7.16. The van der Waals surface area contributed by atoms with Crippen LogP contribution in [0.4, 0.5) is 0 Å². The van der Waals surface area contributed by atoms with E-state index < -0.39 is 17.9 Å². The third kappa shape index (κ3) is 6.41. The van der Waals surface area contributed by atoms with E-state index >= 15 is 0 Å². The number of ether oxygens (including phenoxy) is 4. The number of nitrogens with zero attached hydrogens (tertiary/aromatic N) is 1. The molecule has 8 nitrogen and oxygen atoms in total. The van der Waals surface area contributed by atoms with Crippen molar-refractivity contribution in [2.45, 2.75) is 19.4 Å². The van der Waals surface area contributed by atoms with Crippen LogP contribution in [-0.4, -0.2) is 44.4 Å². The molecule has 0 bridgehead atoms. The number of carbonyl (C=O) groups excluding carboxylic acids is 2. The summed E-state index contributed by atoms with van der Waals surface area (Å²) in [7, 11) is 4.12. The van der Waals surface area contributed by atoms with E-state index in [0.29, 0.717) is 18.9 Å². The Hall–Kier alpha value is -4.11. The van der Waals surface area contributed by atoms with Crippen LogP contribution in [0.25, 0.3) is 10.2 Å². The zero-order chi connectivity index (χ0) is 27.1. The summed E-state index contributed by atoms with van der Waals surface area (Å²) in [5.74, 6) is -0.858. The Labute approximate surface area is 224 Å². The molecule has 0 saturated heterocycles. The van der Waals surface area contributed by atoms with E-state index in [0.717, 1.165) is 33.5 Å². The highest BCUT2D eigenvalue weighted by Gasteiger charge is 2.28. The van der Waals surface area contributed by atoms with Gasteiger partial charge in [-0.3, -0.25) is 19.0 Å². The van der Waals surface area contributed by atoms with Crippen molar-refractivity contribution in [3.05, 3.63) is 93.1 Å². The quantitative estimate of drug-likeness (QED) is 0.209. The second-order valence-corrected chi connectivity index (χ2v) is 9.64. The monoisotopic (exact) mass is 535 g/mol. The Morgan fingerprint density at radius 2 is 1.42 bits per heavy atom. The van der Waals surface area contributed by atoms with E-state index in [9.17, 15) is 14.4 Å². The molecule has 4 aromatic rings. The second kappa shape index (κ2) is 12.4. The van der Waals surface area contributed by atoms with Crippen LogP contribution in [0.3, 0.4) is 0 Å². The van der Waals surface area contributed by atoms with Crippen molar-refractivity contribution in [2.24, 2.45) is 5.92 Å². The molecule has 1 aromatic heterocycles. The molecular formula is C29H29NO7S. The minimum Gasteiger partial charge on any atom is -0.497 e. The molecule has 9 heteroatoms. The van der Waals surface area contributed by atoms with E-state index in [1.807, 2.05) is 36.4 Å². The zero-order valence-electron chi connectivity index (χ0n) is 21.5. The van der Waals surface area contributed by atoms with Crippen molar-refractivity contribution in [3.63, 3.8) is 0 Å². The fourth-order valence-corrected chi connectivity index (χ4v) is 5.15. The van der Waals surface area contributed by atoms with Gasteiger partial charge >= 0.3 is 16.8 Å². The molecule has 3 aromatic carbocycles. The first kappa shape index (κ1) is 26.9. The van der Waals surface area contributed by atoms with Gasteiger partial charge in [-0.2, -0.15) is 0 Å². The number of thiazole rings is 1. The summed E-state index contributed by atoms with van der Waals surface area (Å²) in [6.45, 7) is 0.719. The molecule has 1 heterocycles. The number of methoxy groups -OCH3 is 3. The average Bonchev–Trinajstić information content (AvgIpc) is 3.26. The lowest BCUT2D eigenvalue weighted by Gasteiger charge is -2.13. The van der Waals surface area contributed by atoms with E-state index in [4.69, 9.17) is 18.9 Å². The van der Waals surface area contributed by atoms with Gasteiger partial charge in [-0.05, 0) is 65.9 Å². The first-order valence-electron chi connectivity index (χ1n) is 12.0. The van der Waals surface area contributed by atoms with Gasteiger partial charge < -0.3 is 18.9 Å². The predicted octanol–water partition coefficient (Wildman–Crippen LogP) is 4.25. The average molecular weight is 536 g/mol. The Morgan fingerprint density at radius 3 is 2.05 bits per heavy atom. The highest BCUT2D eigenvalue weighted by molar-refractivity contribution is 7.16. The summed E-state index contributed by atoms with van der Waals surface area (Å²) in [6, 6.07) is 21.2. The lowest BCUT2D eigenvalue weighted by atomic mass is 9.99. The van der Waals surface area contributed by atoms with Crippen molar-refractivity contribution in [1.29, 1.82) is 0 Å². The molecule has 38 heavy (non-hydrogen) atoms. The maximum atomic E-state index is 12.7. The fourth-order valence-electron chi connectivity index (χ4n) is 4.17. The Morgan fingerprint density at radius 1 is 0.816 bits per heavy atom. The van der Waals surface area contributed by atoms with E-state index in [1.54, 1.807) is 35.9 Å². The number of fused-ring (bicyclic) bond motifs is 1. The van der Waals surface area contributed by atoms with Crippen LogP contribution in [0.15, 0.2) is 71.5 Å². The van der Waals surface area contributed by atoms with Crippen molar-refractivity contribution >= 4 is 33.5 Å². The van der Waals surface area contributed by atoms with Crippen LogP contribution in [0.5, 0.6) is 11.5 Å². The van der Waals surface area contributed by atoms with E-state index in [2.05, 4.69) is 6.07 Å². The summed E-state index contributed by atoms with van der Waals surface area (Å²) in [4.78, 5) is 36.4. The fraction of sp³-hybridized carbons (Fsp3) is 0.276. The number of hydrogen-bond donors (Lipinski definition) is 0. The zero-order valence-corrected chi connectivity index (χ0v) is 22.3. The largest absolute Gasteiger partial charge is 0.497 e. The maximum Gasteiger partial charge on any atom is 0.320 e. The van der Waals surface area contributed by atoms with Crippen molar-refractivity contribution in [3.8, 4) is 11.5 Å². The van der Waals surface area contributed by atoms with Crippen LogP contribution < -0.4 is 14.3 Å². The normalized spacial score (nSPS) is 10.9. The molecule has 0 spiro atoms. The van der Waals surface area contributed by atoms with Gasteiger partial charge in [-0.15, -0.1) is 0 Å². The molecular weight excluding hydrogens is 506 g/mol. The first-order chi connectivity index (χ1) is 18.4. The third-order valence-electron chi connectivity index (χ3n) is 6.22. The van der Waals surface area contributed by atoms with Crippen LogP contribution in [0.1, 0.15) is 16.7 Å². The Bertz CT molecular complexity index is 1440. The van der Waals surface area contributed by atoms with Gasteiger partial charge in [0.15, 0.2) is 5.92 Å². The molecule has 0 aliphatic heterocycles. The number of hydrogen-bond acceptors (Lipinski definition) is 8. The molecule has 4 rings (SSSR count). The van der Waals surface area contributed by atoms with Gasteiger partial charge in [0.05, 0.1) is 38.1 Å². The minimum absolute atomic E-state index is 0.0304. The minimum atomic E-state index is -1.02. The summed E-state index contributed by atoms with van der Waals surface area (Å²) in [5, 5.41) is 0. The second-order valence-electron chi connectivity index (χ2n) is 8.64. The standard InChI is InChI=1S/C29H29NO7S/c1-34-22-9-4-19(5-10-22)16-21-8-13-25-26(18-21)38-29(33)30(25)14-15-37-23-11-6-20(7-12-23)17-24(27(31)35-2)28(32)36-3/h4-13,18,24H,14-17H2,1-3H3. The molecule has 0 atom stereocenters. The van der Waals surface area contributed by atoms with Crippen LogP contribution in [-0.2, 0) is 38.4 Å². The molecule has 0 unspecified atom stereocenters. The molecule has 0 aliphatic carbocycles. The van der Waals surface area contributed by atoms with Crippen LogP contribution in [0.2, 0.25) is 0 Å². The smallest absolute Gasteiger partial charge is 0.320 e. The highest BCUT2D eigenvalue weighted by Crippen LogP contribution is 2.22. The molecule has 0 amide bonds. The van der Waals surface area contributed by atoms with Crippen molar-refractivity contribution < 1.29 is 28.5 Å². The lowest BCUT2D eigenvalue weighted by Crippen LogP contribution is -2.28. The number of rotatable bonds is 11. The number of aromatic nitrogens is 1. The topological polar surface area (TPSA) is 93.1 Å². The van der Waals surface area contributed by atoms with Gasteiger partial charge in [0, 0.05) is 0 Å². The SMILES string of the molecule is COC(=O)C(Cc1ccc(OCCn2c(=O)sc3cc(Cc4ccc(OC)cc4)ccc32)cc1)C(=O)OC. The molecule has 198 valence electrons. The van der Waals surface area contributed by atoms with E-state index in [1.165, 1.54) is 31.1 Å². The number of esters is 2. The van der Waals surface area contributed by atoms with Crippen LogP contribution in [0, 0.1) is 5.92 Å². The van der Waals surface area contributed by atoms with Gasteiger partial charge in [-0.1, -0.05) is 41.7 Å². The number of benzene rings is 3. The number of carbonyl (C=O) groups is 2. The van der Waals surface area contributed by atoms with E-state index in [-0.39, 0.29) is 11.3 Å². The van der Waals surface area contributed by atoms with Gasteiger partial charge in [-0.25, -0.2) is 0 Å². The molecule has 0 aliphatic rings.